The molecule has 0 fully saturated rings. The molecule has 0 saturated carbocycles. The molecular formula is C11H23NO3. The van der Waals surface area contributed by atoms with E-state index in [4.69, 9.17) is 9.84 Å². The summed E-state index contributed by atoms with van der Waals surface area (Å²) in [6.07, 6.45) is -0.00236. The first-order valence-corrected chi connectivity index (χ1v) is 5.42. The van der Waals surface area contributed by atoms with Crippen LogP contribution in [-0.4, -0.2) is 47.8 Å². The molecule has 0 aliphatic carbocycles. The molecule has 0 aromatic carbocycles. The molecule has 0 aliphatic heterocycles. The second-order valence-corrected chi connectivity index (χ2v) is 3.98. The standard InChI is InChI=1S/C11H23NO3/c1-6-12(7-2)11(4,8-10(13)14)9(3)15-5/h9H,6-8H2,1-5H3,(H,13,14). The van der Waals surface area contributed by atoms with E-state index in [1.807, 2.05) is 27.7 Å². The Bertz CT molecular complexity index is 204. The van der Waals surface area contributed by atoms with Gasteiger partial charge in [-0.25, -0.2) is 0 Å². The maximum absolute atomic E-state index is 10.9. The number of ether oxygens (including phenoxy) is 1. The molecule has 0 heterocycles. The van der Waals surface area contributed by atoms with Crippen LogP contribution in [0.1, 0.15) is 34.1 Å². The topological polar surface area (TPSA) is 49.8 Å². The van der Waals surface area contributed by atoms with Crippen LogP contribution in [0.4, 0.5) is 0 Å². The van der Waals surface area contributed by atoms with Crippen molar-refractivity contribution in [3.05, 3.63) is 0 Å². The lowest BCUT2D eigenvalue weighted by atomic mass is 9.89. The Morgan fingerprint density at radius 1 is 1.47 bits per heavy atom. The summed E-state index contributed by atoms with van der Waals surface area (Å²) in [4.78, 5) is 13.0. The van der Waals surface area contributed by atoms with E-state index >= 15 is 0 Å². The number of hydrogen-bond acceptors (Lipinski definition) is 3. The predicted molar refractivity (Wildman–Crippen MR) is 60.0 cm³/mol. The Hall–Kier alpha value is -0.610. The van der Waals surface area contributed by atoms with Gasteiger partial charge in [-0.1, -0.05) is 13.8 Å². The second kappa shape index (κ2) is 6.08. The molecule has 0 aliphatic rings. The molecule has 0 aromatic rings. The quantitative estimate of drug-likeness (QED) is 0.703. The van der Waals surface area contributed by atoms with Gasteiger partial charge in [0, 0.05) is 7.11 Å². The average Bonchev–Trinajstić information content (AvgIpc) is 2.17. The van der Waals surface area contributed by atoms with E-state index in [-0.39, 0.29) is 12.5 Å². The number of likely N-dealkylation sites (N-methyl/N-ethyl adjacent to an activating group) is 1. The van der Waals surface area contributed by atoms with E-state index in [9.17, 15) is 4.79 Å². The number of rotatable bonds is 7. The number of carboxylic acid groups (broad SMARTS) is 1. The molecule has 0 amide bonds. The number of carbonyl (C=O) groups is 1. The third-order valence-electron chi connectivity index (χ3n) is 3.22. The van der Waals surface area contributed by atoms with Crippen LogP contribution in [0, 0.1) is 0 Å². The summed E-state index contributed by atoms with van der Waals surface area (Å²) in [6, 6.07) is 0. The molecule has 0 bridgehead atoms. The fourth-order valence-corrected chi connectivity index (χ4v) is 2.02. The van der Waals surface area contributed by atoms with Gasteiger partial charge < -0.3 is 9.84 Å². The van der Waals surface area contributed by atoms with Gasteiger partial charge in [0.25, 0.3) is 0 Å². The molecule has 0 aromatic heterocycles. The van der Waals surface area contributed by atoms with E-state index in [1.54, 1.807) is 7.11 Å². The molecule has 4 heteroatoms. The van der Waals surface area contributed by atoms with E-state index in [2.05, 4.69) is 4.90 Å². The van der Waals surface area contributed by atoms with Crippen molar-refractivity contribution < 1.29 is 14.6 Å². The Morgan fingerprint density at radius 2 is 1.93 bits per heavy atom. The first-order valence-electron chi connectivity index (χ1n) is 5.42. The molecular weight excluding hydrogens is 194 g/mol. The summed E-state index contributed by atoms with van der Waals surface area (Å²) < 4.78 is 5.30. The fraction of sp³-hybridized carbons (Fsp3) is 0.909. The van der Waals surface area contributed by atoms with E-state index < -0.39 is 11.5 Å². The van der Waals surface area contributed by atoms with Crippen LogP contribution in [-0.2, 0) is 9.53 Å². The largest absolute Gasteiger partial charge is 0.481 e. The lowest BCUT2D eigenvalue weighted by molar-refractivity contribution is -0.143. The fourth-order valence-electron chi connectivity index (χ4n) is 2.02. The van der Waals surface area contributed by atoms with Gasteiger partial charge >= 0.3 is 5.97 Å². The maximum Gasteiger partial charge on any atom is 0.305 e. The van der Waals surface area contributed by atoms with Gasteiger partial charge in [-0.05, 0) is 26.9 Å². The van der Waals surface area contributed by atoms with Crippen LogP contribution in [0.3, 0.4) is 0 Å². The van der Waals surface area contributed by atoms with Crippen LogP contribution < -0.4 is 0 Å². The number of hydrogen-bond donors (Lipinski definition) is 1. The molecule has 0 rings (SSSR count). The summed E-state index contributed by atoms with van der Waals surface area (Å²) in [7, 11) is 1.62. The van der Waals surface area contributed by atoms with Gasteiger partial charge in [0.2, 0.25) is 0 Å². The monoisotopic (exact) mass is 217 g/mol. The minimum atomic E-state index is -0.784. The number of aliphatic carboxylic acids is 1. The predicted octanol–water partition coefficient (Wildman–Crippen LogP) is 1.60. The summed E-state index contributed by atoms with van der Waals surface area (Å²) >= 11 is 0. The summed E-state index contributed by atoms with van der Waals surface area (Å²) in [5, 5.41) is 8.95. The molecule has 2 atom stereocenters. The first kappa shape index (κ1) is 14.4. The summed E-state index contributed by atoms with van der Waals surface area (Å²) in [6.45, 7) is 9.59. The minimum Gasteiger partial charge on any atom is -0.481 e. The van der Waals surface area contributed by atoms with Crippen molar-refractivity contribution in [2.45, 2.75) is 45.8 Å². The van der Waals surface area contributed by atoms with Gasteiger partial charge in [-0.15, -0.1) is 0 Å². The Balaban J connectivity index is 4.89. The van der Waals surface area contributed by atoms with Crippen LogP contribution in [0.15, 0.2) is 0 Å². The van der Waals surface area contributed by atoms with Gasteiger partial charge in [0.05, 0.1) is 18.1 Å². The van der Waals surface area contributed by atoms with Crippen molar-refractivity contribution in [3.8, 4) is 0 Å². The Morgan fingerprint density at radius 3 is 2.20 bits per heavy atom. The zero-order chi connectivity index (χ0) is 12.1. The van der Waals surface area contributed by atoms with E-state index in [1.165, 1.54) is 0 Å². The van der Waals surface area contributed by atoms with Crippen LogP contribution >= 0.6 is 0 Å². The average molecular weight is 217 g/mol. The third kappa shape index (κ3) is 3.47. The third-order valence-corrected chi connectivity index (χ3v) is 3.22. The van der Waals surface area contributed by atoms with Crippen LogP contribution in [0.5, 0.6) is 0 Å². The Kier molecular flexibility index (Phi) is 5.83. The van der Waals surface area contributed by atoms with Gasteiger partial charge in [-0.3, -0.25) is 9.69 Å². The molecule has 15 heavy (non-hydrogen) atoms. The lowest BCUT2D eigenvalue weighted by Gasteiger charge is -2.43. The lowest BCUT2D eigenvalue weighted by Crippen LogP contribution is -2.55. The Labute approximate surface area is 92.2 Å². The van der Waals surface area contributed by atoms with Gasteiger partial charge in [0.15, 0.2) is 0 Å². The summed E-state index contributed by atoms with van der Waals surface area (Å²) in [5.41, 5.74) is -0.440. The molecule has 90 valence electrons. The normalized spacial score (nSPS) is 17.5. The molecule has 0 radical (unpaired) electrons. The number of nitrogens with zero attached hydrogens (tertiary/aromatic N) is 1. The number of carboxylic acids is 1. The van der Waals surface area contributed by atoms with Crippen LogP contribution in [0.2, 0.25) is 0 Å². The van der Waals surface area contributed by atoms with Gasteiger partial charge in [0.1, 0.15) is 0 Å². The molecule has 1 N–H and O–H groups in total. The number of methoxy groups -OCH3 is 1. The second-order valence-electron chi connectivity index (χ2n) is 3.98. The van der Waals surface area contributed by atoms with Crippen molar-refractivity contribution in [1.82, 2.24) is 4.90 Å². The van der Waals surface area contributed by atoms with Crippen LogP contribution in [0.25, 0.3) is 0 Å². The SMILES string of the molecule is CCN(CC)C(C)(CC(=O)O)C(C)OC. The zero-order valence-corrected chi connectivity index (χ0v) is 10.4. The van der Waals surface area contributed by atoms with E-state index in [0.717, 1.165) is 13.1 Å². The molecule has 4 nitrogen and oxygen atoms in total. The highest BCUT2D eigenvalue weighted by Gasteiger charge is 2.38. The zero-order valence-electron chi connectivity index (χ0n) is 10.4. The minimum absolute atomic E-state index is 0.101. The maximum atomic E-state index is 10.9. The van der Waals surface area contributed by atoms with Crippen molar-refractivity contribution in [2.75, 3.05) is 20.2 Å². The molecule has 0 saturated heterocycles. The molecule has 2 unspecified atom stereocenters. The van der Waals surface area contributed by atoms with Gasteiger partial charge in [-0.2, -0.15) is 0 Å². The highest BCUT2D eigenvalue weighted by Crippen LogP contribution is 2.25. The summed E-state index contributed by atoms with van der Waals surface area (Å²) in [5.74, 6) is -0.784. The smallest absolute Gasteiger partial charge is 0.305 e. The highest BCUT2D eigenvalue weighted by atomic mass is 16.5. The van der Waals surface area contributed by atoms with Crippen molar-refractivity contribution in [2.24, 2.45) is 0 Å². The van der Waals surface area contributed by atoms with Crippen molar-refractivity contribution in [1.29, 1.82) is 0 Å². The van der Waals surface area contributed by atoms with E-state index in [0.29, 0.717) is 0 Å². The van der Waals surface area contributed by atoms with Crippen molar-refractivity contribution in [3.63, 3.8) is 0 Å². The first-order chi connectivity index (χ1) is 6.92. The van der Waals surface area contributed by atoms with Crippen molar-refractivity contribution >= 4 is 5.97 Å². The highest BCUT2D eigenvalue weighted by molar-refractivity contribution is 5.68. The molecule has 0 spiro atoms.